The monoisotopic (exact) mass is 352 g/mol. The Hall–Kier alpha value is -0.923. The van der Waals surface area contributed by atoms with Crippen LogP contribution >= 0.6 is 0 Å². The summed E-state index contributed by atoms with van der Waals surface area (Å²) in [5, 5.41) is 0. The van der Waals surface area contributed by atoms with Crippen LogP contribution in [0.5, 0.6) is 0 Å². The van der Waals surface area contributed by atoms with Gasteiger partial charge in [0.1, 0.15) is 0 Å². The average Bonchev–Trinajstić information content (AvgIpc) is 2.50. The van der Waals surface area contributed by atoms with Crippen molar-refractivity contribution < 1.29 is 26.4 Å². The molecule has 0 saturated heterocycles. The highest BCUT2D eigenvalue weighted by molar-refractivity contribution is 6.66. The van der Waals surface area contributed by atoms with Crippen LogP contribution in [0.1, 0.15) is 38.7 Å². The lowest BCUT2D eigenvalue weighted by Crippen LogP contribution is -2.38. The zero-order valence-electron chi connectivity index (χ0n) is 13.9. The number of halogens is 4. The predicted octanol–water partition coefficient (Wildman–Crippen LogP) is 5.10. The Kier molecular flexibility index (Phi) is 8.22. The molecule has 23 heavy (non-hydrogen) atoms. The van der Waals surface area contributed by atoms with Crippen molar-refractivity contribution in [2.24, 2.45) is 0 Å². The summed E-state index contributed by atoms with van der Waals surface area (Å²) in [4.78, 5) is 0. The second kappa shape index (κ2) is 9.39. The Morgan fingerprint density at radius 2 is 1.48 bits per heavy atom. The van der Waals surface area contributed by atoms with Crippen LogP contribution in [0.25, 0.3) is 0 Å². The molecule has 0 aliphatic heterocycles. The van der Waals surface area contributed by atoms with Crippen LogP contribution in [0.2, 0.25) is 12.6 Å². The van der Waals surface area contributed by atoms with Gasteiger partial charge in [-0.1, -0.05) is 12.8 Å². The summed E-state index contributed by atoms with van der Waals surface area (Å²) < 4.78 is 64.1. The quantitative estimate of drug-likeness (QED) is 0.192. The van der Waals surface area contributed by atoms with Crippen molar-refractivity contribution in [2.75, 3.05) is 13.2 Å². The van der Waals surface area contributed by atoms with Crippen molar-refractivity contribution in [1.29, 1.82) is 0 Å². The molecule has 0 aliphatic rings. The molecule has 0 aromatic heterocycles. The molecule has 0 aliphatic carbocycles. The van der Waals surface area contributed by atoms with Gasteiger partial charge in [0.2, 0.25) is 0 Å². The smallest absolute Gasteiger partial charge is 0.334 e. The first-order valence-electron chi connectivity index (χ1n) is 7.94. The Morgan fingerprint density at radius 3 is 2.04 bits per heavy atom. The summed E-state index contributed by atoms with van der Waals surface area (Å²) >= 11 is 0. The second-order valence-corrected chi connectivity index (χ2v) is 8.86. The molecule has 1 aromatic rings. The molecular formula is C16H24F4O2Si. The Balaban J connectivity index is 2.46. The van der Waals surface area contributed by atoms with Crippen molar-refractivity contribution in [1.82, 2.24) is 0 Å². The van der Waals surface area contributed by atoms with Gasteiger partial charge in [0.15, 0.2) is 23.3 Å². The number of rotatable bonds is 10. The maximum absolute atomic E-state index is 13.5. The Morgan fingerprint density at radius 1 is 0.870 bits per heavy atom. The van der Waals surface area contributed by atoms with Gasteiger partial charge in [0, 0.05) is 13.2 Å². The van der Waals surface area contributed by atoms with Crippen LogP contribution in [0.4, 0.5) is 17.6 Å². The van der Waals surface area contributed by atoms with E-state index in [1.54, 1.807) is 0 Å². The van der Waals surface area contributed by atoms with Crippen molar-refractivity contribution in [3.05, 3.63) is 34.9 Å². The van der Waals surface area contributed by atoms with E-state index < -0.39 is 31.8 Å². The normalized spacial score (nSPS) is 12.0. The fraction of sp³-hybridized carbons (Fsp3) is 0.625. The highest BCUT2D eigenvalue weighted by atomic mass is 28.4. The number of benzene rings is 1. The molecule has 0 amide bonds. The number of aryl methyl sites for hydroxylation is 1. The summed E-state index contributed by atoms with van der Waals surface area (Å²) in [6, 6.07) is 1.54. The van der Waals surface area contributed by atoms with Crippen LogP contribution in [0.15, 0.2) is 6.07 Å². The van der Waals surface area contributed by atoms with Gasteiger partial charge in [-0.3, -0.25) is 0 Å². The van der Waals surface area contributed by atoms with E-state index >= 15 is 0 Å². The van der Waals surface area contributed by atoms with Gasteiger partial charge in [-0.2, -0.15) is 0 Å². The lowest BCUT2D eigenvalue weighted by atomic mass is 10.1. The van der Waals surface area contributed by atoms with Gasteiger partial charge >= 0.3 is 8.56 Å². The first kappa shape index (κ1) is 20.1. The van der Waals surface area contributed by atoms with Crippen molar-refractivity contribution in [3.8, 4) is 0 Å². The van der Waals surface area contributed by atoms with Crippen LogP contribution in [0.3, 0.4) is 0 Å². The number of unbranched alkanes of at least 4 members (excludes halogenated alkanes) is 2. The fourth-order valence-corrected chi connectivity index (χ4v) is 5.02. The summed E-state index contributed by atoms with van der Waals surface area (Å²) in [6.07, 6.45) is 2.31. The van der Waals surface area contributed by atoms with Crippen molar-refractivity contribution >= 4 is 8.56 Å². The third-order valence-electron chi connectivity index (χ3n) is 3.65. The van der Waals surface area contributed by atoms with E-state index in [9.17, 15) is 17.6 Å². The lowest BCUT2D eigenvalue weighted by molar-refractivity contribution is 0.188. The number of hydrogen-bond acceptors (Lipinski definition) is 2. The molecular weight excluding hydrogens is 328 g/mol. The zero-order chi connectivity index (χ0) is 17.5. The molecule has 0 unspecified atom stereocenters. The maximum atomic E-state index is 13.5. The molecule has 132 valence electrons. The van der Waals surface area contributed by atoms with Crippen LogP contribution < -0.4 is 0 Å². The first-order chi connectivity index (χ1) is 10.8. The molecule has 0 bridgehead atoms. The van der Waals surface area contributed by atoms with Crippen LogP contribution in [-0.4, -0.2) is 21.8 Å². The lowest BCUT2D eigenvalue weighted by Gasteiger charge is -2.25. The van der Waals surface area contributed by atoms with Crippen LogP contribution in [0, 0.1) is 23.3 Å². The molecule has 0 atom stereocenters. The van der Waals surface area contributed by atoms with E-state index in [1.807, 2.05) is 20.4 Å². The summed E-state index contributed by atoms with van der Waals surface area (Å²) in [5.74, 6) is -6.16. The van der Waals surface area contributed by atoms with Gasteiger partial charge < -0.3 is 8.85 Å². The molecule has 1 aromatic carbocycles. The van der Waals surface area contributed by atoms with Gasteiger partial charge in [0.05, 0.1) is 0 Å². The van der Waals surface area contributed by atoms with Gasteiger partial charge in [0.25, 0.3) is 0 Å². The number of hydrogen-bond donors (Lipinski definition) is 0. The summed E-state index contributed by atoms with van der Waals surface area (Å²) in [5.41, 5.74) is -0.129. The van der Waals surface area contributed by atoms with E-state index in [-0.39, 0.29) is 12.0 Å². The Labute approximate surface area is 136 Å². The van der Waals surface area contributed by atoms with E-state index in [0.29, 0.717) is 19.6 Å². The van der Waals surface area contributed by atoms with Gasteiger partial charge in [-0.05, 0) is 50.9 Å². The zero-order valence-corrected chi connectivity index (χ0v) is 14.9. The minimum atomic E-state index is -2.16. The topological polar surface area (TPSA) is 18.5 Å². The van der Waals surface area contributed by atoms with E-state index in [4.69, 9.17) is 8.85 Å². The van der Waals surface area contributed by atoms with Crippen molar-refractivity contribution in [2.45, 2.75) is 52.1 Å². The first-order valence-corrected chi connectivity index (χ1v) is 10.5. The van der Waals surface area contributed by atoms with Gasteiger partial charge in [-0.15, -0.1) is 0 Å². The summed E-state index contributed by atoms with van der Waals surface area (Å²) in [7, 11) is -2.16. The minimum absolute atomic E-state index is 0.129. The highest BCUT2D eigenvalue weighted by Gasteiger charge is 2.29. The summed E-state index contributed by atoms with van der Waals surface area (Å²) in [6.45, 7) is 7.05. The third kappa shape index (κ3) is 5.89. The molecule has 0 fully saturated rings. The molecule has 0 heterocycles. The van der Waals surface area contributed by atoms with Gasteiger partial charge in [-0.25, -0.2) is 17.6 Å². The SMILES string of the molecule is CCO[Si](C)(CCCCCc1cc(F)c(F)c(F)c1F)OCC. The molecule has 7 heteroatoms. The third-order valence-corrected chi connectivity index (χ3v) is 6.71. The maximum Gasteiger partial charge on any atom is 0.334 e. The molecule has 0 spiro atoms. The fourth-order valence-electron chi connectivity index (χ4n) is 2.54. The minimum Gasteiger partial charge on any atom is -0.395 e. The largest absolute Gasteiger partial charge is 0.395 e. The van der Waals surface area contributed by atoms with Crippen LogP contribution in [-0.2, 0) is 15.3 Å². The standard InChI is InChI=1S/C16H24F4O2Si/c1-4-21-23(3,22-5-2)10-8-6-7-9-12-11-13(17)15(19)16(20)14(12)18/h11H,4-10H2,1-3H3. The molecule has 0 saturated carbocycles. The molecule has 1 rings (SSSR count). The highest BCUT2D eigenvalue weighted by Crippen LogP contribution is 2.22. The molecule has 0 radical (unpaired) electrons. The Bertz CT molecular complexity index is 505. The molecule has 0 N–H and O–H groups in total. The van der Waals surface area contributed by atoms with E-state index in [2.05, 4.69) is 0 Å². The second-order valence-electron chi connectivity index (χ2n) is 5.52. The van der Waals surface area contributed by atoms with E-state index in [0.717, 1.165) is 25.0 Å². The molecule has 2 nitrogen and oxygen atoms in total. The van der Waals surface area contributed by atoms with Crippen molar-refractivity contribution in [3.63, 3.8) is 0 Å². The van der Waals surface area contributed by atoms with E-state index in [1.165, 1.54) is 0 Å². The predicted molar refractivity (Wildman–Crippen MR) is 83.5 cm³/mol. The average molecular weight is 352 g/mol.